The van der Waals surface area contributed by atoms with Crippen LogP contribution >= 0.6 is 0 Å². The largest absolute Gasteiger partial charge is 0.445 e. The molecule has 1 N–H and O–H groups in total. The van der Waals surface area contributed by atoms with E-state index in [0.717, 1.165) is 11.1 Å². The lowest BCUT2D eigenvalue weighted by Gasteiger charge is -2.16. The first-order valence-electron chi connectivity index (χ1n) is 7.30. The van der Waals surface area contributed by atoms with E-state index in [0.29, 0.717) is 6.42 Å². The van der Waals surface area contributed by atoms with Crippen molar-refractivity contribution in [3.8, 4) is 0 Å². The molecule has 6 heteroatoms. The molecule has 0 aliphatic heterocycles. The molecule has 0 aliphatic rings. The highest BCUT2D eigenvalue weighted by Crippen LogP contribution is 2.05. The van der Waals surface area contributed by atoms with E-state index in [1.807, 2.05) is 60.7 Å². The third kappa shape index (κ3) is 6.11. The number of hydrogen-bond acceptors (Lipinski definition) is 3. The second-order valence-electron chi connectivity index (χ2n) is 5.01. The molecule has 0 saturated heterocycles. The molecule has 0 radical (unpaired) electrons. The number of ether oxygens (including phenoxy) is 1. The van der Waals surface area contributed by atoms with Crippen molar-refractivity contribution in [1.29, 1.82) is 0 Å². The van der Waals surface area contributed by atoms with Crippen molar-refractivity contribution in [2.75, 3.05) is 6.54 Å². The summed E-state index contributed by atoms with van der Waals surface area (Å²) in [6.07, 6.45) is 0.0447. The Hall–Kier alpha value is -2.98. The van der Waals surface area contributed by atoms with Crippen molar-refractivity contribution >= 4 is 6.09 Å². The van der Waals surface area contributed by atoms with Crippen molar-refractivity contribution in [2.45, 2.75) is 19.1 Å². The van der Waals surface area contributed by atoms with Crippen molar-refractivity contribution in [3.63, 3.8) is 0 Å². The molecule has 23 heavy (non-hydrogen) atoms. The number of azide groups is 1. The molecule has 0 spiro atoms. The Morgan fingerprint density at radius 2 is 1.70 bits per heavy atom. The number of rotatable bonds is 7. The predicted molar refractivity (Wildman–Crippen MR) is 87.7 cm³/mol. The van der Waals surface area contributed by atoms with Crippen molar-refractivity contribution in [3.05, 3.63) is 82.2 Å². The second kappa shape index (κ2) is 9.12. The SMILES string of the molecule is [N-]=[N+]=NC[C@H](Cc1ccccc1)NC(=O)OCc1ccccc1. The first-order chi connectivity index (χ1) is 11.3. The molecule has 0 heterocycles. The molecule has 0 bridgehead atoms. The molecule has 1 atom stereocenters. The summed E-state index contributed by atoms with van der Waals surface area (Å²) in [5, 5.41) is 6.29. The zero-order chi connectivity index (χ0) is 16.3. The number of nitrogens with zero attached hydrogens (tertiary/aromatic N) is 3. The van der Waals surface area contributed by atoms with Crippen molar-refractivity contribution in [1.82, 2.24) is 5.32 Å². The van der Waals surface area contributed by atoms with Gasteiger partial charge in [0.1, 0.15) is 6.61 Å². The Bertz CT molecular complexity index is 655. The topological polar surface area (TPSA) is 87.1 Å². The summed E-state index contributed by atoms with van der Waals surface area (Å²) in [4.78, 5) is 14.7. The number of alkyl carbamates (subject to hydrolysis) is 1. The highest BCUT2D eigenvalue weighted by molar-refractivity contribution is 5.67. The van der Waals surface area contributed by atoms with Gasteiger partial charge in [0, 0.05) is 17.5 Å². The van der Waals surface area contributed by atoms with E-state index in [2.05, 4.69) is 15.3 Å². The number of benzene rings is 2. The van der Waals surface area contributed by atoms with E-state index in [4.69, 9.17) is 10.3 Å². The van der Waals surface area contributed by atoms with E-state index in [9.17, 15) is 4.79 Å². The highest BCUT2D eigenvalue weighted by Gasteiger charge is 2.13. The summed E-state index contributed by atoms with van der Waals surface area (Å²) < 4.78 is 5.19. The molecule has 0 fully saturated rings. The fourth-order valence-electron chi connectivity index (χ4n) is 2.13. The molecule has 0 unspecified atom stereocenters. The van der Waals surface area contributed by atoms with E-state index in [1.54, 1.807) is 0 Å². The van der Waals surface area contributed by atoms with Crippen LogP contribution in [0.25, 0.3) is 10.4 Å². The van der Waals surface area contributed by atoms with Gasteiger partial charge in [-0.05, 0) is 23.1 Å². The lowest BCUT2D eigenvalue weighted by molar-refractivity contribution is 0.136. The summed E-state index contributed by atoms with van der Waals surface area (Å²) in [6.45, 7) is 0.373. The van der Waals surface area contributed by atoms with E-state index in [1.165, 1.54) is 0 Å². The maximum absolute atomic E-state index is 11.9. The monoisotopic (exact) mass is 310 g/mol. The molecule has 1 amide bonds. The van der Waals surface area contributed by atoms with Gasteiger partial charge < -0.3 is 10.1 Å². The molecule has 2 rings (SSSR count). The zero-order valence-corrected chi connectivity index (χ0v) is 12.6. The van der Waals surface area contributed by atoms with Gasteiger partial charge in [-0.15, -0.1) is 0 Å². The van der Waals surface area contributed by atoms with Crippen LogP contribution in [0.5, 0.6) is 0 Å². The van der Waals surface area contributed by atoms with Crippen LogP contribution in [-0.4, -0.2) is 18.7 Å². The van der Waals surface area contributed by atoms with Gasteiger partial charge in [-0.3, -0.25) is 0 Å². The molecule has 2 aromatic carbocycles. The Kier molecular flexibility index (Phi) is 6.50. The number of carbonyl (C=O) groups is 1. The predicted octanol–water partition coefficient (Wildman–Crippen LogP) is 3.83. The van der Waals surface area contributed by atoms with Gasteiger partial charge in [-0.25, -0.2) is 4.79 Å². The number of nitrogens with one attached hydrogen (secondary N) is 1. The van der Waals surface area contributed by atoms with Crippen LogP contribution in [0.2, 0.25) is 0 Å². The van der Waals surface area contributed by atoms with Crippen LogP contribution < -0.4 is 5.32 Å². The third-order valence-corrected chi connectivity index (χ3v) is 3.22. The van der Waals surface area contributed by atoms with E-state index in [-0.39, 0.29) is 19.2 Å². The molecular formula is C17H18N4O2. The van der Waals surface area contributed by atoms with Crippen LogP contribution in [-0.2, 0) is 17.8 Å². The third-order valence-electron chi connectivity index (χ3n) is 3.22. The first kappa shape index (κ1) is 16.4. The minimum atomic E-state index is -0.525. The van der Waals surface area contributed by atoms with Crippen LogP contribution in [0.1, 0.15) is 11.1 Å². The maximum atomic E-state index is 11.9. The Labute approximate surface area is 134 Å². The van der Waals surface area contributed by atoms with Gasteiger partial charge in [0.25, 0.3) is 0 Å². The lowest BCUT2D eigenvalue weighted by atomic mass is 10.1. The molecule has 0 aliphatic carbocycles. The second-order valence-corrected chi connectivity index (χ2v) is 5.01. The lowest BCUT2D eigenvalue weighted by Crippen LogP contribution is -2.38. The van der Waals surface area contributed by atoms with Gasteiger partial charge >= 0.3 is 6.09 Å². The van der Waals surface area contributed by atoms with Crippen LogP contribution in [0, 0.1) is 0 Å². The summed E-state index contributed by atoms with van der Waals surface area (Å²) in [6, 6.07) is 18.8. The van der Waals surface area contributed by atoms with E-state index < -0.39 is 6.09 Å². The van der Waals surface area contributed by atoms with Crippen LogP contribution in [0.3, 0.4) is 0 Å². The van der Waals surface area contributed by atoms with Gasteiger partial charge in [0.2, 0.25) is 0 Å². The van der Waals surface area contributed by atoms with Crippen molar-refractivity contribution in [2.24, 2.45) is 5.11 Å². The van der Waals surface area contributed by atoms with Crippen LogP contribution in [0.15, 0.2) is 65.8 Å². The Balaban J connectivity index is 1.88. The summed E-state index contributed by atoms with van der Waals surface area (Å²) in [5.41, 5.74) is 10.4. The minimum absolute atomic E-state index is 0.172. The summed E-state index contributed by atoms with van der Waals surface area (Å²) >= 11 is 0. The van der Waals surface area contributed by atoms with Gasteiger partial charge in [-0.2, -0.15) is 0 Å². The average Bonchev–Trinajstić information content (AvgIpc) is 2.60. The average molecular weight is 310 g/mol. The Morgan fingerprint density at radius 1 is 1.09 bits per heavy atom. The minimum Gasteiger partial charge on any atom is -0.445 e. The summed E-state index contributed by atoms with van der Waals surface area (Å²) in [5.74, 6) is 0. The molecule has 6 nitrogen and oxygen atoms in total. The Morgan fingerprint density at radius 3 is 2.30 bits per heavy atom. The summed E-state index contributed by atoms with van der Waals surface area (Å²) in [7, 11) is 0. The number of amides is 1. The quantitative estimate of drug-likeness (QED) is 0.478. The molecule has 0 aromatic heterocycles. The normalized spacial score (nSPS) is 11.1. The van der Waals surface area contributed by atoms with Gasteiger partial charge in [0.15, 0.2) is 0 Å². The highest BCUT2D eigenvalue weighted by atomic mass is 16.5. The molecule has 0 saturated carbocycles. The number of carbonyl (C=O) groups excluding carboxylic acids is 1. The molecule has 2 aromatic rings. The first-order valence-corrected chi connectivity index (χ1v) is 7.30. The van der Waals surface area contributed by atoms with Gasteiger partial charge in [0.05, 0.1) is 0 Å². The molecule has 118 valence electrons. The smallest absolute Gasteiger partial charge is 0.407 e. The molecular weight excluding hydrogens is 292 g/mol. The van der Waals surface area contributed by atoms with Gasteiger partial charge in [-0.1, -0.05) is 65.8 Å². The number of hydrogen-bond donors (Lipinski definition) is 1. The maximum Gasteiger partial charge on any atom is 0.407 e. The standard InChI is InChI=1S/C17H18N4O2/c18-21-19-12-16(11-14-7-3-1-4-8-14)20-17(22)23-13-15-9-5-2-6-10-15/h1-10,16H,11-13H2,(H,20,22)/t16-/m0/s1. The van der Waals surface area contributed by atoms with E-state index >= 15 is 0 Å². The fraction of sp³-hybridized carbons (Fsp3) is 0.235. The zero-order valence-electron chi connectivity index (χ0n) is 12.6. The van der Waals surface area contributed by atoms with Crippen molar-refractivity contribution < 1.29 is 9.53 Å². The fourth-order valence-corrected chi connectivity index (χ4v) is 2.13. The van der Waals surface area contributed by atoms with Crippen LogP contribution in [0.4, 0.5) is 4.79 Å².